The number of hydrogen-bond acceptors (Lipinski definition) is 3. The molecule has 0 saturated carbocycles. The number of nitrogens with two attached hydrogens (primary N) is 1. The lowest BCUT2D eigenvalue weighted by Crippen LogP contribution is -2.21. The van der Waals surface area contributed by atoms with E-state index in [0.717, 1.165) is 12.1 Å². The van der Waals surface area contributed by atoms with Crippen molar-refractivity contribution in [2.24, 2.45) is 16.8 Å². The minimum Gasteiger partial charge on any atom is -0.402 e. The monoisotopic (exact) mass is 248 g/mol. The van der Waals surface area contributed by atoms with Crippen molar-refractivity contribution in [2.45, 2.75) is 13.3 Å². The van der Waals surface area contributed by atoms with Gasteiger partial charge >= 0.3 is 0 Å². The molecule has 0 bridgehead atoms. The molecule has 1 rings (SSSR count). The topological polar surface area (TPSA) is 70.7 Å². The van der Waals surface area contributed by atoms with E-state index in [1.54, 1.807) is 17.1 Å². The first-order valence-corrected chi connectivity index (χ1v) is 5.84. The summed E-state index contributed by atoms with van der Waals surface area (Å²) in [5.41, 5.74) is 9.73. The molecule has 5 heteroatoms. The van der Waals surface area contributed by atoms with Crippen LogP contribution in [0.3, 0.4) is 0 Å². The van der Waals surface area contributed by atoms with Crippen LogP contribution < -0.4 is 11.2 Å². The van der Waals surface area contributed by atoms with Crippen molar-refractivity contribution in [2.75, 3.05) is 14.1 Å². The maximum absolute atomic E-state index is 11.8. The van der Waals surface area contributed by atoms with Crippen LogP contribution in [0.25, 0.3) is 0 Å². The normalized spacial score (nSPS) is 27.4. The van der Waals surface area contributed by atoms with Crippen LogP contribution in [0.15, 0.2) is 40.7 Å². The zero-order chi connectivity index (χ0) is 13.5. The highest BCUT2D eigenvalue weighted by molar-refractivity contribution is 5.96. The zero-order valence-corrected chi connectivity index (χ0v) is 11.1. The summed E-state index contributed by atoms with van der Waals surface area (Å²) >= 11 is 0. The van der Waals surface area contributed by atoms with E-state index in [4.69, 9.17) is 5.73 Å². The Kier molecular flexibility index (Phi) is 5.17. The fraction of sp³-hybridized carbons (Fsp3) is 0.385. The molecule has 98 valence electrons. The summed E-state index contributed by atoms with van der Waals surface area (Å²) in [5.74, 6) is 0.0217. The van der Waals surface area contributed by atoms with Crippen LogP contribution in [0, 0.1) is 5.92 Å². The molecule has 0 aromatic rings. The lowest BCUT2D eigenvalue weighted by Gasteiger charge is -2.11. The summed E-state index contributed by atoms with van der Waals surface area (Å²) in [6.45, 7) is 2.03. The predicted octanol–water partition coefficient (Wildman–Crippen LogP) is 0.972. The SMILES string of the molecule is CC1C/C=C(C(=O)N/N=C/N(C)C)/C=C\C=C/1N. The van der Waals surface area contributed by atoms with Crippen LogP contribution in [0.5, 0.6) is 0 Å². The fourth-order valence-electron chi connectivity index (χ4n) is 1.37. The van der Waals surface area contributed by atoms with Gasteiger partial charge in [-0.2, -0.15) is 5.10 Å². The summed E-state index contributed by atoms with van der Waals surface area (Å²) in [4.78, 5) is 13.6. The third-order valence-electron chi connectivity index (χ3n) is 2.54. The van der Waals surface area contributed by atoms with Gasteiger partial charge in [0.05, 0.1) is 0 Å². The molecule has 0 radical (unpaired) electrons. The molecule has 1 amide bonds. The second-order valence-electron chi connectivity index (χ2n) is 4.47. The Morgan fingerprint density at radius 2 is 2.33 bits per heavy atom. The van der Waals surface area contributed by atoms with E-state index in [9.17, 15) is 4.79 Å². The van der Waals surface area contributed by atoms with Crippen LogP contribution in [0.1, 0.15) is 13.3 Å². The number of hydrazone groups is 1. The van der Waals surface area contributed by atoms with E-state index in [1.165, 1.54) is 6.34 Å². The number of rotatable bonds is 3. The first-order chi connectivity index (χ1) is 8.50. The van der Waals surface area contributed by atoms with Crippen molar-refractivity contribution in [3.05, 3.63) is 35.6 Å². The maximum atomic E-state index is 11.8. The summed E-state index contributed by atoms with van der Waals surface area (Å²) in [6, 6.07) is 0. The van der Waals surface area contributed by atoms with Gasteiger partial charge in [0.25, 0.3) is 5.91 Å². The number of carbonyl (C=O) groups is 1. The van der Waals surface area contributed by atoms with Gasteiger partial charge in [-0.25, -0.2) is 5.43 Å². The highest BCUT2D eigenvalue weighted by atomic mass is 16.2. The molecule has 0 aliphatic heterocycles. The molecule has 18 heavy (non-hydrogen) atoms. The number of carbonyl (C=O) groups excluding carboxylic acids is 1. The van der Waals surface area contributed by atoms with Crippen molar-refractivity contribution in [3.8, 4) is 0 Å². The largest absolute Gasteiger partial charge is 0.402 e. The Hall–Kier alpha value is -2.04. The molecular formula is C13H20N4O. The van der Waals surface area contributed by atoms with Gasteiger partial charge < -0.3 is 10.6 Å². The van der Waals surface area contributed by atoms with Gasteiger partial charge in [0, 0.05) is 25.4 Å². The number of amides is 1. The van der Waals surface area contributed by atoms with E-state index in [2.05, 4.69) is 10.5 Å². The molecule has 1 aliphatic rings. The van der Waals surface area contributed by atoms with Crippen molar-refractivity contribution in [1.29, 1.82) is 0 Å². The van der Waals surface area contributed by atoms with Crippen LogP contribution >= 0.6 is 0 Å². The molecule has 3 N–H and O–H groups in total. The van der Waals surface area contributed by atoms with Gasteiger partial charge in [-0.1, -0.05) is 19.1 Å². The molecule has 0 aromatic heterocycles. The molecule has 0 heterocycles. The highest BCUT2D eigenvalue weighted by Crippen LogP contribution is 2.15. The van der Waals surface area contributed by atoms with Gasteiger partial charge in [-0.15, -0.1) is 0 Å². The number of nitrogens with one attached hydrogen (secondary N) is 1. The van der Waals surface area contributed by atoms with E-state index >= 15 is 0 Å². The van der Waals surface area contributed by atoms with Crippen molar-refractivity contribution in [1.82, 2.24) is 10.3 Å². The Morgan fingerprint density at radius 3 is 3.00 bits per heavy atom. The number of hydrogen-bond donors (Lipinski definition) is 2. The van der Waals surface area contributed by atoms with Crippen LogP contribution in [0.4, 0.5) is 0 Å². The molecule has 5 nitrogen and oxygen atoms in total. The minimum absolute atomic E-state index is 0.217. The third-order valence-corrected chi connectivity index (χ3v) is 2.54. The van der Waals surface area contributed by atoms with Gasteiger partial charge in [-0.3, -0.25) is 4.79 Å². The van der Waals surface area contributed by atoms with E-state index in [1.807, 2.05) is 33.2 Å². The molecule has 0 fully saturated rings. The summed E-state index contributed by atoms with van der Waals surface area (Å²) < 4.78 is 0. The lowest BCUT2D eigenvalue weighted by atomic mass is 9.99. The van der Waals surface area contributed by atoms with Gasteiger partial charge in [0.2, 0.25) is 0 Å². The average Bonchev–Trinajstić information content (AvgIpc) is 2.30. The smallest absolute Gasteiger partial charge is 0.271 e. The van der Waals surface area contributed by atoms with Gasteiger partial charge in [0.1, 0.15) is 6.34 Å². The maximum Gasteiger partial charge on any atom is 0.271 e. The van der Waals surface area contributed by atoms with Crippen molar-refractivity contribution < 1.29 is 4.79 Å². The van der Waals surface area contributed by atoms with Crippen molar-refractivity contribution >= 4 is 12.2 Å². The van der Waals surface area contributed by atoms with E-state index < -0.39 is 0 Å². The van der Waals surface area contributed by atoms with Gasteiger partial charge in [0.15, 0.2) is 0 Å². The fourth-order valence-corrected chi connectivity index (χ4v) is 1.37. The van der Waals surface area contributed by atoms with Crippen molar-refractivity contribution in [3.63, 3.8) is 0 Å². The number of allylic oxidation sites excluding steroid dienone is 4. The molecule has 1 aliphatic carbocycles. The van der Waals surface area contributed by atoms with E-state index in [0.29, 0.717) is 5.57 Å². The highest BCUT2D eigenvalue weighted by Gasteiger charge is 2.09. The summed E-state index contributed by atoms with van der Waals surface area (Å²) in [5, 5.41) is 3.82. The zero-order valence-electron chi connectivity index (χ0n) is 11.1. The summed E-state index contributed by atoms with van der Waals surface area (Å²) in [7, 11) is 3.67. The van der Waals surface area contributed by atoms with Crippen LogP contribution in [0.2, 0.25) is 0 Å². The first kappa shape index (κ1) is 14.0. The lowest BCUT2D eigenvalue weighted by molar-refractivity contribution is -0.117. The van der Waals surface area contributed by atoms with Gasteiger partial charge in [-0.05, 0) is 24.5 Å². The van der Waals surface area contributed by atoms with E-state index in [-0.39, 0.29) is 11.8 Å². The standard InChI is InChI=1S/C13H20N4O/c1-10-7-8-11(5-4-6-12(10)14)13(18)16-15-9-17(2)3/h4-6,8-10H,7,14H2,1-3H3,(H,16,18)/b5-4-,11-8-,12-6+,15-9+. The Labute approximate surface area is 108 Å². The second kappa shape index (κ2) is 6.64. The number of nitrogens with zero attached hydrogens (tertiary/aromatic N) is 2. The Balaban J connectivity index is 2.68. The molecule has 1 unspecified atom stereocenters. The Morgan fingerprint density at radius 1 is 1.61 bits per heavy atom. The molecule has 0 saturated heterocycles. The predicted molar refractivity (Wildman–Crippen MR) is 73.6 cm³/mol. The Bertz CT molecular complexity index is 419. The molecular weight excluding hydrogens is 228 g/mol. The molecule has 0 spiro atoms. The molecule has 0 aromatic carbocycles. The first-order valence-electron chi connectivity index (χ1n) is 5.84. The minimum atomic E-state index is -0.217. The van der Waals surface area contributed by atoms with Crippen LogP contribution in [-0.4, -0.2) is 31.2 Å². The quantitative estimate of drug-likeness (QED) is 0.444. The average molecular weight is 248 g/mol. The molecule has 1 atom stereocenters. The van der Waals surface area contributed by atoms with Crippen LogP contribution in [-0.2, 0) is 4.79 Å². The second-order valence-corrected chi connectivity index (χ2v) is 4.47. The summed E-state index contributed by atoms with van der Waals surface area (Å²) in [6.07, 6.45) is 9.50. The third kappa shape index (κ3) is 4.45.